The molecule has 4 atom stereocenters. The van der Waals surface area contributed by atoms with Crippen LogP contribution in [0.1, 0.15) is 26.7 Å². The highest BCUT2D eigenvalue weighted by Crippen LogP contribution is 2.38. The van der Waals surface area contributed by atoms with Gasteiger partial charge in [0.1, 0.15) is 0 Å². The van der Waals surface area contributed by atoms with Gasteiger partial charge in [-0.3, -0.25) is 9.59 Å². The molecule has 2 fully saturated rings. The second kappa shape index (κ2) is 5.51. The summed E-state index contributed by atoms with van der Waals surface area (Å²) in [6, 6.07) is 0.238. The Morgan fingerprint density at radius 1 is 1.22 bits per heavy atom. The molecule has 1 aliphatic heterocycles. The van der Waals surface area contributed by atoms with Crippen molar-refractivity contribution in [3.8, 4) is 0 Å². The van der Waals surface area contributed by atoms with Gasteiger partial charge in [0.05, 0.1) is 11.8 Å². The largest absolute Gasteiger partial charge is 0.481 e. The fourth-order valence-corrected chi connectivity index (χ4v) is 4.12. The summed E-state index contributed by atoms with van der Waals surface area (Å²) in [5.74, 6) is 0.755. The number of thioether (sulfide) groups is 1. The van der Waals surface area contributed by atoms with Crippen LogP contribution in [0.15, 0.2) is 0 Å². The van der Waals surface area contributed by atoms with E-state index < -0.39 is 11.9 Å². The first-order chi connectivity index (χ1) is 8.50. The quantitative estimate of drug-likeness (QED) is 0.830. The van der Waals surface area contributed by atoms with E-state index in [0.29, 0.717) is 12.3 Å². The smallest absolute Gasteiger partial charge is 0.307 e. The summed E-state index contributed by atoms with van der Waals surface area (Å²) in [4.78, 5) is 25.7. The van der Waals surface area contributed by atoms with Gasteiger partial charge in [0.2, 0.25) is 5.91 Å². The van der Waals surface area contributed by atoms with Gasteiger partial charge in [0, 0.05) is 24.1 Å². The Hall–Kier alpha value is -0.710. The highest BCUT2D eigenvalue weighted by molar-refractivity contribution is 7.99. The van der Waals surface area contributed by atoms with E-state index in [2.05, 4.69) is 6.92 Å². The fraction of sp³-hybridized carbons (Fsp3) is 0.846. The average molecular weight is 271 g/mol. The molecule has 1 N–H and O–H groups in total. The number of hydrogen-bond acceptors (Lipinski definition) is 3. The highest BCUT2D eigenvalue weighted by atomic mass is 32.2. The topological polar surface area (TPSA) is 57.6 Å². The molecule has 5 heteroatoms. The van der Waals surface area contributed by atoms with Gasteiger partial charge in [-0.05, 0) is 25.7 Å². The predicted octanol–water partition coefficient (Wildman–Crippen LogP) is 1.70. The average Bonchev–Trinajstić information content (AvgIpc) is 2.71. The first kappa shape index (κ1) is 13.7. The molecule has 0 bridgehead atoms. The minimum Gasteiger partial charge on any atom is -0.481 e. The monoisotopic (exact) mass is 271 g/mol. The minimum absolute atomic E-state index is 0.0690. The van der Waals surface area contributed by atoms with Crippen LogP contribution in [0.5, 0.6) is 0 Å². The van der Waals surface area contributed by atoms with Crippen LogP contribution < -0.4 is 0 Å². The Morgan fingerprint density at radius 3 is 2.50 bits per heavy atom. The molecule has 0 aromatic heterocycles. The van der Waals surface area contributed by atoms with E-state index >= 15 is 0 Å². The van der Waals surface area contributed by atoms with Crippen LogP contribution in [-0.2, 0) is 9.59 Å². The van der Waals surface area contributed by atoms with Crippen molar-refractivity contribution in [1.82, 2.24) is 4.90 Å². The lowest BCUT2D eigenvalue weighted by Crippen LogP contribution is -2.48. The Kier molecular flexibility index (Phi) is 4.20. The Bertz CT molecular complexity index is 347. The standard InChI is InChI=1S/C13H21NO3S/c1-8-5-10(11(6-8)13(16)17)12(15)14-3-4-18-7-9(14)2/h8-11H,3-7H2,1-2H3,(H,16,17)/t8?,9?,10-,11+/m0/s1. The number of carbonyl (C=O) groups is 2. The van der Waals surface area contributed by atoms with Gasteiger partial charge in [0.15, 0.2) is 0 Å². The Morgan fingerprint density at radius 2 is 1.89 bits per heavy atom. The van der Waals surface area contributed by atoms with Crippen molar-refractivity contribution < 1.29 is 14.7 Å². The third-order valence-electron chi connectivity index (χ3n) is 4.08. The second-order valence-corrected chi connectivity index (χ2v) is 6.73. The molecule has 0 radical (unpaired) electrons. The van der Waals surface area contributed by atoms with Crippen molar-refractivity contribution in [2.45, 2.75) is 32.7 Å². The SMILES string of the molecule is CC1C[C@H](C(=O)N2CCSCC2C)[C@H](C(=O)O)C1. The Labute approximate surface area is 112 Å². The van der Waals surface area contributed by atoms with Crippen LogP contribution >= 0.6 is 11.8 Å². The number of amides is 1. The molecule has 1 heterocycles. The van der Waals surface area contributed by atoms with Crippen molar-refractivity contribution in [2.75, 3.05) is 18.1 Å². The normalized spacial score (nSPS) is 36.7. The molecule has 0 aromatic rings. The summed E-state index contributed by atoms with van der Waals surface area (Å²) in [5, 5.41) is 9.24. The molecule has 2 rings (SSSR count). The number of carbonyl (C=O) groups excluding carboxylic acids is 1. The van der Waals surface area contributed by atoms with E-state index in [0.717, 1.165) is 24.5 Å². The van der Waals surface area contributed by atoms with Crippen LogP contribution in [0.4, 0.5) is 0 Å². The third kappa shape index (κ3) is 2.66. The molecule has 2 unspecified atom stereocenters. The van der Waals surface area contributed by atoms with E-state index in [1.807, 2.05) is 23.6 Å². The zero-order chi connectivity index (χ0) is 13.3. The van der Waals surface area contributed by atoms with Crippen LogP contribution in [0, 0.1) is 17.8 Å². The molecular formula is C13H21NO3S. The lowest BCUT2D eigenvalue weighted by molar-refractivity contribution is -0.149. The van der Waals surface area contributed by atoms with Gasteiger partial charge in [-0.25, -0.2) is 0 Å². The zero-order valence-corrected chi connectivity index (χ0v) is 11.8. The summed E-state index contributed by atoms with van der Waals surface area (Å²) >= 11 is 1.86. The molecule has 1 aliphatic carbocycles. The van der Waals surface area contributed by atoms with Crippen molar-refractivity contribution >= 4 is 23.6 Å². The summed E-state index contributed by atoms with van der Waals surface area (Å²) in [6.07, 6.45) is 1.37. The predicted molar refractivity (Wildman–Crippen MR) is 71.5 cm³/mol. The van der Waals surface area contributed by atoms with Gasteiger partial charge >= 0.3 is 5.97 Å². The maximum Gasteiger partial charge on any atom is 0.307 e. The molecular weight excluding hydrogens is 250 g/mol. The lowest BCUT2D eigenvalue weighted by Gasteiger charge is -2.35. The molecule has 4 nitrogen and oxygen atoms in total. The number of aliphatic carboxylic acids is 1. The highest BCUT2D eigenvalue weighted by Gasteiger charge is 2.43. The van der Waals surface area contributed by atoms with E-state index in [9.17, 15) is 14.7 Å². The number of hydrogen-bond donors (Lipinski definition) is 1. The lowest BCUT2D eigenvalue weighted by atomic mass is 9.94. The third-order valence-corrected chi connectivity index (χ3v) is 5.27. The molecule has 1 amide bonds. The van der Waals surface area contributed by atoms with Crippen LogP contribution in [0.2, 0.25) is 0 Å². The van der Waals surface area contributed by atoms with Gasteiger partial charge in [-0.2, -0.15) is 11.8 Å². The van der Waals surface area contributed by atoms with E-state index in [4.69, 9.17) is 0 Å². The summed E-state index contributed by atoms with van der Waals surface area (Å²) in [7, 11) is 0. The molecule has 18 heavy (non-hydrogen) atoms. The van der Waals surface area contributed by atoms with Crippen molar-refractivity contribution in [3.63, 3.8) is 0 Å². The zero-order valence-electron chi connectivity index (χ0n) is 11.0. The molecule has 102 valence electrons. The number of carboxylic acids is 1. The first-order valence-corrected chi connectivity index (χ1v) is 7.77. The maximum atomic E-state index is 12.5. The number of rotatable bonds is 2. The van der Waals surface area contributed by atoms with E-state index in [1.165, 1.54) is 0 Å². The number of nitrogens with zero attached hydrogens (tertiary/aromatic N) is 1. The Balaban J connectivity index is 2.09. The molecule has 2 aliphatic rings. The number of carboxylic acid groups (broad SMARTS) is 1. The van der Waals surface area contributed by atoms with Crippen LogP contribution in [-0.4, -0.2) is 46.0 Å². The fourth-order valence-electron chi connectivity index (χ4n) is 3.11. The molecule has 1 saturated carbocycles. The van der Waals surface area contributed by atoms with E-state index in [1.54, 1.807) is 0 Å². The minimum atomic E-state index is -0.809. The van der Waals surface area contributed by atoms with E-state index in [-0.39, 0.29) is 17.9 Å². The summed E-state index contributed by atoms with van der Waals surface area (Å²) in [5.41, 5.74) is 0. The summed E-state index contributed by atoms with van der Waals surface area (Å²) in [6.45, 7) is 4.86. The van der Waals surface area contributed by atoms with Gasteiger partial charge in [-0.15, -0.1) is 0 Å². The first-order valence-electron chi connectivity index (χ1n) is 6.61. The van der Waals surface area contributed by atoms with Crippen molar-refractivity contribution in [3.05, 3.63) is 0 Å². The van der Waals surface area contributed by atoms with Gasteiger partial charge in [-0.1, -0.05) is 6.92 Å². The van der Waals surface area contributed by atoms with Crippen molar-refractivity contribution in [2.24, 2.45) is 17.8 Å². The maximum absolute atomic E-state index is 12.5. The van der Waals surface area contributed by atoms with Crippen LogP contribution in [0.3, 0.4) is 0 Å². The summed E-state index contributed by atoms with van der Waals surface area (Å²) < 4.78 is 0. The van der Waals surface area contributed by atoms with Gasteiger partial charge in [0.25, 0.3) is 0 Å². The molecule has 0 aromatic carbocycles. The molecule has 0 spiro atoms. The second-order valence-electron chi connectivity index (χ2n) is 5.58. The van der Waals surface area contributed by atoms with Crippen molar-refractivity contribution in [1.29, 1.82) is 0 Å². The van der Waals surface area contributed by atoms with Gasteiger partial charge < -0.3 is 10.0 Å². The molecule has 1 saturated heterocycles. The van der Waals surface area contributed by atoms with Crippen LogP contribution in [0.25, 0.3) is 0 Å².